The molecule has 108 valence electrons. The molecule has 1 fully saturated rings. The highest BCUT2D eigenvalue weighted by molar-refractivity contribution is 5.04. The van der Waals surface area contributed by atoms with E-state index < -0.39 is 0 Å². The maximum absolute atomic E-state index is 5.93. The zero-order valence-electron chi connectivity index (χ0n) is 12.4. The summed E-state index contributed by atoms with van der Waals surface area (Å²) < 4.78 is 2.05. The van der Waals surface area contributed by atoms with Gasteiger partial charge in [0.2, 0.25) is 0 Å². The average molecular weight is 264 g/mol. The molecular weight excluding hydrogens is 236 g/mol. The molecule has 2 unspecified atom stereocenters. The largest absolute Gasteiger partial charge is 0.330 e. The van der Waals surface area contributed by atoms with Crippen molar-refractivity contribution in [1.29, 1.82) is 0 Å². The van der Waals surface area contributed by atoms with Gasteiger partial charge in [-0.3, -0.25) is 9.58 Å². The SMILES string of the molecule is CCCn1cc(CN(C)C2CCCCC2CN)cn1. The van der Waals surface area contributed by atoms with Crippen LogP contribution in [-0.4, -0.2) is 34.3 Å². The lowest BCUT2D eigenvalue weighted by Gasteiger charge is -2.37. The van der Waals surface area contributed by atoms with Gasteiger partial charge in [0, 0.05) is 30.9 Å². The van der Waals surface area contributed by atoms with Crippen LogP contribution in [0.15, 0.2) is 12.4 Å². The van der Waals surface area contributed by atoms with Crippen molar-refractivity contribution in [1.82, 2.24) is 14.7 Å². The lowest BCUT2D eigenvalue weighted by atomic mass is 9.83. The molecule has 1 aromatic heterocycles. The molecule has 0 spiro atoms. The van der Waals surface area contributed by atoms with Crippen molar-refractivity contribution < 1.29 is 0 Å². The molecule has 4 nitrogen and oxygen atoms in total. The summed E-state index contributed by atoms with van der Waals surface area (Å²) in [5.74, 6) is 0.671. The minimum absolute atomic E-state index is 0.647. The van der Waals surface area contributed by atoms with Crippen LogP contribution in [-0.2, 0) is 13.1 Å². The van der Waals surface area contributed by atoms with Crippen LogP contribution in [0, 0.1) is 5.92 Å². The summed E-state index contributed by atoms with van der Waals surface area (Å²) in [7, 11) is 2.23. The van der Waals surface area contributed by atoms with Gasteiger partial charge in [0.15, 0.2) is 0 Å². The fraction of sp³-hybridized carbons (Fsp3) is 0.800. The van der Waals surface area contributed by atoms with Crippen molar-refractivity contribution in [3.8, 4) is 0 Å². The molecule has 1 aliphatic rings. The van der Waals surface area contributed by atoms with Crippen LogP contribution >= 0.6 is 0 Å². The van der Waals surface area contributed by atoms with Crippen molar-refractivity contribution in [3.05, 3.63) is 18.0 Å². The second-order valence-electron chi connectivity index (χ2n) is 5.87. The smallest absolute Gasteiger partial charge is 0.0534 e. The lowest BCUT2D eigenvalue weighted by Crippen LogP contribution is -2.42. The molecule has 0 saturated heterocycles. The molecule has 2 N–H and O–H groups in total. The van der Waals surface area contributed by atoms with Crippen LogP contribution in [0.25, 0.3) is 0 Å². The van der Waals surface area contributed by atoms with Gasteiger partial charge in [0.25, 0.3) is 0 Å². The highest BCUT2D eigenvalue weighted by atomic mass is 15.3. The molecule has 4 heteroatoms. The van der Waals surface area contributed by atoms with Crippen molar-refractivity contribution in [3.63, 3.8) is 0 Å². The van der Waals surface area contributed by atoms with Gasteiger partial charge < -0.3 is 5.73 Å². The molecule has 2 rings (SSSR count). The quantitative estimate of drug-likeness (QED) is 0.857. The molecule has 0 radical (unpaired) electrons. The number of nitrogens with zero attached hydrogens (tertiary/aromatic N) is 3. The number of aromatic nitrogens is 2. The number of rotatable bonds is 6. The van der Waals surface area contributed by atoms with Gasteiger partial charge >= 0.3 is 0 Å². The van der Waals surface area contributed by atoms with Crippen LogP contribution in [0.3, 0.4) is 0 Å². The van der Waals surface area contributed by atoms with E-state index in [-0.39, 0.29) is 0 Å². The molecule has 1 saturated carbocycles. The highest BCUT2D eigenvalue weighted by Crippen LogP contribution is 2.27. The van der Waals surface area contributed by atoms with Crippen LogP contribution < -0.4 is 5.73 Å². The Labute approximate surface area is 117 Å². The Morgan fingerprint density at radius 2 is 2.21 bits per heavy atom. The van der Waals surface area contributed by atoms with E-state index in [0.717, 1.165) is 26.1 Å². The van der Waals surface area contributed by atoms with Gasteiger partial charge in [-0.2, -0.15) is 5.10 Å². The molecule has 1 heterocycles. The summed E-state index contributed by atoms with van der Waals surface area (Å²) in [5, 5.41) is 4.41. The number of hydrogen-bond acceptors (Lipinski definition) is 3. The summed E-state index contributed by atoms with van der Waals surface area (Å²) in [6, 6.07) is 0.647. The third kappa shape index (κ3) is 3.80. The Balaban J connectivity index is 1.92. The third-order valence-electron chi connectivity index (χ3n) is 4.31. The Morgan fingerprint density at radius 1 is 1.42 bits per heavy atom. The van der Waals surface area contributed by atoms with Gasteiger partial charge in [-0.05, 0) is 38.8 Å². The topological polar surface area (TPSA) is 47.1 Å². The first-order valence-corrected chi connectivity index (χ1v) is 7.66. The van der Waals surface area contributed by atoms with E-state index in [4.69, 9.17) is 5.73 Å². The summed E-state index contributed by atoms with van der Waals surface area (Å²) in [4.78, 5) is 2.48. The van der Waals surface area contributed by atoms with Gasteiger partial charge in [0.1, 0.15) is 0 Å². The van der Waals surface area contributed by atoms with E-state index in [1.165, 1.54) is 31.2 Å². The molecule has 2 atom stereocenters. The van der Waals surface area contributed by atoms with Crippen LogP contribution in [0.4, 0.5) is 0 Å². The monoisotopic (exact) mass is 264 g/mol. The maximum atomic E-state index is 5.93. The molecule has 0 aromatic carbocycles. The Hall–Kier alpha value is -0.870. The molecular formula is C15H28N4. The summed E-state index contributed by atoms with van der Waals surface area (Å²) in [5.41, 5.74) is 7.24. The summed E-state index contributed by atoms with van der Waals surface area (Å²) in [6.07, 6.45) is 10.6. The third-order valence-corrected chi connectivity index (χ3v) is 4.31. The fourth-order valence-electron chi connectivity index (χ4n) is 3.29. The lowest BCUT2D eigenvalue weighted by molar-refractivity contribution is 0.127. The second kappa shape index (κ2) is 7.06. The number of nitrogens with two attached hydrogens (primary N) is 1. The van der Waals surface area contributed by atoms with Crippen molar-refractivity contribution in [2.24, 2.45) is 11.7 Å². The van der Waals surface area contributed by atoms with Crippen molar-refractivity contribution in [2.75, 3.05) is 13.6 Å². The second-order valence-corrected chi connectivity index (χ2v) is 5.87. The first kappa shape index (κ1) is 14.5. The zero-order chi connectivity index (χ0) is 13.7. The van der Waals surface area contributed by atoms with Crippen molar-refractivity contribution >= 4 is 0 Å². The summed E-state index contributed by atoms with van der Waals surface area (Å²) >= 11 is 0. The van der Waals surface area contributed by atoms with Gasteiger partial charge in [0.05, 0.1) is 6.20 Å². The predicted octanol–water partition coefficient (Wildman–Crippen LogP) is 2.24. The van der Waals surface area contributed by atoms with Crippen LogP contribution in [0.1, 0.15) is 44.6 Å². The van der Waals surface area contributed by atoms with Gasteiger partial charge in [-0.1, -0.05) is 19.8 Å². The normalized spacial score (nSPS) is 24.0. The first-order chi connectivity index (χ1) is 9.24. The first-order valence-electron chi connectivity index (χ1n) is 7.66. The van der Waals surface area contributed by atoms with Crippen LogP contribution in [0.5, 0.6) is 0 Å². The highest BCUT2D eigenvalue weighted by Gasteiger charge is 2.27. The average Bonchev–Trinajstić information content (AvgIpc) is 2.86. The maximum Gasteiger partial charge on any atom is 0.0534 e. The van der Waals surface area contributed by atoms with E-state index >= 15 is 0 Å². The van der Waals surface area contributed by atoms with Crippen LogP contribution in [0.2, 0.25) is 0 Å². The molecule has 0 aliphatic heterocycles. The molecule has 0 amide bonds. The van der Waals surface area contributed by atoms with Gasteiger partial charge in [-0.15, -0.1) is 0 Å². The molecule has 1 aromatic rings. The molecule has 0 bridgehead atoms. The number of hydrogen-bond donors (Lipinski definition) is 1. The Morgan fingerprint density at radius 3 is 2.95 bits per heavy atom. The van der Waals surface area contributed by atoms with E-state index in [1.807, 2.05) is 10.9 Å². The van der Waals surface area contributed by atoms with E-state index in [2.05, 4.69) is 30.2 Å². The van der Waals surface area contributed by atoms with E-state index in [9.17, 15) is 0 Å². The standard InChI is InChI=1S/C15H28N4/c1-3-8-19-12-13(10-17-19)11-18(2)15-7-5-4-6-14(15)9-16/h10,12,14-15H,3-9,11,16H2,1-2H3. The predicted molar refractivity (Wildman–Crippen MR) is 78.8 cm³/mol. The minimum atomic E-state index is 0.647. The fourth-order valence-corrected chi connectivity index (χ4v) is 3.29. The van der Waals surface area contributed by atoms with Gasteiger partial charge in [-0.25, -0.2) is 0 Å². The zero-order valence-corrected chi connectivity index (χ0v) is 12.4. The number of aryl methyl sites for hydroxylation is 1. The minimum Gasteiger partial charge on any atom is -0.330 e. The van der Waals surface area contributed by atoms with Crippen molar-refractivity contribution in [2.45, 2.75) is 58.2 Å². The summed E-state index contributed by atoms with van der Waals surface area (Å²) in [6.45, 7) is 5.01. The Bertz CT molecular complexity index is 374. The molecule has 19 heavy (non-hydrogen) atoms. The molecule has 1 aliphatic carbocycles. The van der Waals surface area contributed by atoms with E-state index in [0.29, 0.717) is 12.0 Å². The Kier molecular flexibility index (Phi) is 5.40. The van der Waals surface area contributed by atoms with E-state index in [1.54, 1.807) is 0 Å².